The zero-order chi connectivity index (χ0) is 21.1. The average molecular weight is 414 g/mol. The molecule has 2 aromatic rings. The van der Waals surface area contributed by atoms with Crippen LogP contribution < -0.4 is 10.7 Å². The van der Waals surface area contributed by atoms with E-state index < -0.39 is 0 Å². The molecular weight excluding hydrogens is 386 g/mol. The van der Waals surface area contributed by atoms with Crippen molar-refractivity contribution in [1.82, 2.24) is 0 Å². The molecule has 7 heteroatoms. The Morgan fingerprint density at radius 3 is 2.59 bits per heavy atom. The van der Waals surface area contributed by atoms with Crippen LogP contribution in [0.3, 0.4) is 0 Å². The zero-order valence-corrected chi connectivity index (χ0v) is 17.7. The highest BCUT2D eigenvalue weighted by Gasteiger charge is 2.25. The highest BCUT2D eigenvalue weighted by molar-refractivity contribution is 7.79. The fourth-order valence-electron chi connectivity index (χ4n) is 3.80. The lowest BCUT2D eigenvalue weighted by atomic mass is 9.98. The SMILES string of the molecule is CCOC1Cc2ccc(N(C=S)/C(=N\N)c3cc(C(C)C)c(O)cc3O)cc2C1. The van der Waals surface area contributed by atoms with Crippen LogP contribution in [0.5, 0.6) is 11.5 Å². The second-order valence-corrected chi connectivity index (χ2v) is 7.66. The predicted molar refractivity (Wildman–Crippen MR) is 120 cm³/mol. The number of rotatable bonds is 6. The summed E-state index contributed by atoms with van der Waals surface area (Å²) < 4.78 is 5.77. The molecular formula is C22H27N3O3S. The number of thiocarbonyl (C=S) groups is 1. The van der Waals surface area contributed by atoms with E-state index in [2.05, 4.69) is 17.2 Å². The van der Waals surface area contributed by atoms with Crippen molar-refractivity contribution in [1.29, 1.82) is 0 Å². The number of phenolic OH excluding ortho intramolecular Hbond substituents is 2. The number of fused-ring (bicyclic) bond motifs is 1. The van der Waals surface area contributed by atoms with E-state index in [1.54, 1.807) is 11.0 Å². The summed E-state index contributed by atoms with van der Waals surface area (Å²) >= 11 is 5.25. The molecule has 1 unspecified atom stereocenters. The van der Waals surface area contributed by atoms with E-state index in [-0.39, 0.29) is 23.5 Å². The van der Waals surface area contributed by atoms with E-state index in [9.17, 15) is 10.2 Å². The topological polar surface area (TPSA) is 91.3 Å². The van der Waals surface area contributed by atoms with Gasteiger partial charge < -0.3 is 20.8 Å². The predicted octanol–water partition coefficient (Wildman–Crippen LogP) is 3.81. The summed E-state index contributed by atoms with van der Waals surface area (Å²) in [5.41, 5.74) is 5.82. The molecule has 6 nitrogen and oxygen atoms in total. The Labute approximate surface area is 176 Å². The van der Waals surface area contributed by atoms with Crippen molar-refractivity contribution in [3.63, 3.8) is 0 Å². The van der Waals surface area contributed by atoms with Gasteiger partial charge in [0.15, 0.2) is 5.84 Å². The smallest absolute Gasteiger partial charge is 0.168 e. The second-order valence-electron chi connectivity index (χ2n) is 7.45. The first kappa shape index (κ1) is 21.1. The van der Waals surface area contributed by atoms with Crippen molar-refractivity contribution >= 4 is 29.2 Å². The number of nitrogens with two attached hydrogens (primary N) is 1. The Morgan fingerprint density at radius 1 is 1.24 bits per heavy atom. The highest BCUT2D eigenvalue weighted by atomic mass is 32.1. The molecule has 154 valence electrons. The maximum atomic E-state index is 10.5. The van der Waals surface area contributed by atoms with Gasteiger partial charge in [0.1, 0.15) is 11.5 Å². The maximum Gasteiger partial charge on any atom is 0.168 e. The molecule has 0 radical (unpaired) electrons. The Hall–Kier alpha value is -2.64. The van der Waals surface area contributed by atoms with Crippen molar-refractivity contribution in [2.75, 3.05) is 11.5 Å². The normalized spacial score (nSPS) is 16.1. The highest BCUT2D eigenvalue weighted by Crippen LogP contribution is 2.34. The molecule has 0 bridgehead atoms. The van der Waals surface area contributed by atoms with Gasteiger partial charge in [-0.3, -0.25) is 4.90 Å². The summed E-state index contributed by atoms with van der Waals surface area (Å²) in [6.45, 7) is 6.62. The van der Waals surface area contributed by atoms with Crippen LogP contribution in [0.25, 0.3) is 0 Å². The van der Waals surface area contributed by atoms with Gasteiger partial charge in [-0.15, -0.1) is 0 Å². The third kappa shape index (κ3) is 4.21. The summed E-state index contributed by atoms with van der Waals surface area (Å²) in [6, 6.07) is 9.10. The van der Waals surface area contributed by atoms with E-state index in [0.29, 0.717) is 23.6 Å². The van der Waals surface area contributed by atoms with Crippen LogP contribution in [0.2, 0.25) is 0 Å². The molecule has 0 aliphatic heterocycles. The summed E-state index contributed by atoms with van der Waals surface area (Å²) in [6.07, 6.45) is 1.94. The molecule has 0 aromatic heterocycles. The molecule has 0 saturated carbocycles. The number of anilines is 1. The van der Waals surface area contributed by atoms with E-state index >= 15 is 0 Å². The molecule has 2 aromatic carbocycles. The van der Waals surface area contributed by atoms with Crippen LogP contribution in [-0.4, -0.2) is 34.3 Å². The van der Waals surface area contributed by atoms with Crippen LogP contribution in [-0.2, 0) is 17.6 Å². The third-order valence-corrected chi connectivity index (χ3v) is 5.44. The zero-order valence-electron chi connectivity index (χ0n) is 16.9. The number of hydrazone groups is 1. The monoisotopic (exact) mass is 413 g/mol. The first-order chi connectivity index (χ1) is 13.9. The van der Waals surface area contributed by atoms with Crippen LogP contribution in [0.4, 0.5) is 5.69 Å². The molecule has 1 aliphatic rings. The third-order valence-electron chi connectivity index (χ3n) is 5.23. The Balaban J connectivity index is 1.99. The summed E-state index contributed by atoms with van der Waals surface area (Å²) in [4.78, 5) is 1.67. The number of amidine groups is 1. The van der Waals surface area contributed by atoms with Gasteiger partial charge in [-0.1, -0.05) is 32.1 Å². The Bertz CT molecular complexity index is 943. The number of nitrogens with zero attached hydrogens (tertiary/aromatic N) is 2. The van der Waals surface area contributed by atoms with Crippen LogP contribution >= 0.6 is 12.2 Å². The van der Waals surface area contributed by atoms with Crippen LogP contribution in [0.1, 0.15) is 48.9 Å². The molecule has 0 amide bonds. The number of ether oxygens (including phenoxy) is 1. The van der Waals surface area contributed by atoms with Gasteiger partial charge in [-0.05, 0) is 60.6 Å². The molecule has 0 spiro atoms. The average Bonchev–Trinajstić information content (AvgIpc) is 3.08. The second kappa shape index (κ2) is 8.80. The molecule has 4 N–H and O–H groups in total. The summed E-state index contributed by atoms with van der Waals surface area (Å²) in [7, 11) is 0. The first-order valence-corrected chi connectivity index (χ1v) is 10.2. The van der Waals surface area contributed by atoms with E-state index in [1.807, 2.05) is 26.8 Å². The minimum Gasteiger partial charge on any atom is -0.508 e. The molecule has 0 fully saturated rings. The molecule has 1 aliphatic carbocycles. The molecule has 3 rings (SSSR count). The minimum absolute atomic E-state index is 0.0334. The van der Waals surface area contributed by atoms with Crippen molar-refractivity contribution < 1.29 is 14.9 Å². The molecule has 1 atom stereocenters. The number of hydrogen-bond donors (Lipinski definition) is 3. The number of phenols is 2. The lowest BCUT2D eigenvalue weighted by Crippen LogP contribution is -2.31. The molecule has 29 heavy (non-hydrogen) atoms. The van der Waals surface area contributed by atoms with Crippen molar-refractivity contribution in [2.24, 2.45) is 10.9 Å². The van der Waals surface area contributed by atoms with Crippen molar-refractivity contribution in [3.8, 4) is 11.5 Å². The van der Waals surface area contributed by atoms with Gasteiger partial charge in [0.25, 0.3) is 0 Å². The van der Waals surface area contributed by atoms with E-state index in [4.69, 9.17) is 22.8 Å². The number of hydrogen-bond acceptors (Lipinski definition) is 6. The van der Waals surface area contributed by atoms with E-state index in [1.165, 1.54) is 22.7 Å². The molecule has 0 heterocycles. The lowest BCUT2D eigenvalue weighted by molar-refractivity contribution is 0.0709. The summed E-state index contributed by atoms with van der Waals surface area (Å²) in [5.74, 6) is 5.99. The van der Waals surface area contributed by atoms with Gasteiger partial charge in [0.2, 0.25) is 0 Å². The first-order valence-electron chi connectivity index (χ1n) is 9.71. The number of aromatic hydroxyl groups is 2. The largest absolute Gasteiger partial charge is 0.508 e. The maximum absolute atomic E-state index is 10.5. The van der Waals surface area contributed by atoms with Gasteiger partial charge >= 0.3 is 0 Å². The van der Waals surface area contributed by atoms with Gasteiger partial charge in [-0.2, -0.15) is 5.10 Å². The van der Waals surface area contributed by atoms with Crippen LogP contribution in [0.15, 0.2) is 35.4 Å². The van der Waals surface area contributed by atoms with Gasteiger partial charge in [0, 0.05) is 18.4 Å². The lowest BCUT2D eigenvalue weighted by Gasteiger charge is -2.23. The van der Waals surface area contributed by atoms with E-state index in [0.717, 1.165) is 18.5 Å². The van der Waals surface area contributed by atoms with Crippen molar-refractivity contribution in [3.05, 3.63) is 52.6 Å². The van der Waals surface area contributed by atoms with Gasteiger partial charge in [0.05, 0.1) is 17.2 Å². The standard InChI is InChI=1S/C22H27N3O3S/c1-4-28-17-8-14-5-6-16(7-15(14)9-17)25(12-29)22(24-23)19-10-18(13(2)3)20(26)11-21(19)27/h5-7,10-13,17,26-27H,4,8-9,23H2,1-3H3/b24-22-. The fourth-order valence-corrected chi connectivity index (χ4v) is 4.02. The fraction of sp³-hybridized carbons (Fsp3) is 0.364. The Morgan fingerprint density at radius 2 is 1.97 bits per heavy atom. The quantitative estimate of drug-likeness (QED) is 0.219. The van der Waals surface area contributed by atoms with Crippen molar-refractivity contribution in [2.45, 2.75) is 45.6 Å². The number of benzene rings is 2. The van der Waals surface area contributed by atoms with Crippen LogP contribution in [0, 0.1) is 0 Å². The minimum atomic E-state index is -0.115. The Kier molecular flexibility index (Phi) is 6.39. The van der Waals surface area contributed by atoms with Gasteiger partial charge in [-0.25, -0.2) is 0 Å². The summed E-state index contributed by atoms with van der Waals surface area (Å²) in [5, 5.41) is 24.5. The molecule has 0 saturated heterocycles.